The van der Waals surface area contributed by atoms with Gasteiger partial charge in [-0.15, -0.1) is 12.4 Å². The first-order valence-corrected chi connectivity index (χ1v) is 7.18. The molecule has 0 bridgehead atoms. The Hall–Kier alpha value is -1.06. The van der Waals surface area contributed by atoms with Crippen molar-refractivity contribution < 1.29 is 4.79 Å². The summed E-state index contributed by atoms with van der Waals surface area (Å²) in [7, 11) is 0. The molecule has 0 unspecified atom stereocenters. The van der Waals surface area contributed by atoms with E-state index in [-0.39, 0.29) is 18.3 Å². The lowest BCUT2D eigenvalue weighted by molar-refractivity contribution is -0.120. The summed E-state index contributed by atoms with van der Waals surface area (Å²) in [6.45, 7) is 7.30. The van der Waals surface area contributed by atoms with Gasteiger partial charge in [0.1, 0.15) is 0 Å². The minimum Gasteiger partial charge on any atom is -0.355 e. The highest BCUT2D eigenvalue weighted by Gasteiger charge is 2.17. The monoisotopic (exact) mass is 296 g/mol. The van der Waals surface area contributed by atoms with Crippen molar-refractivity contribution in [3.8, 4) is 0 Å². The minimum atomic E-state index is 0. The molecule has 20 heavy (non-hydrogen) atoms. The Balaban J connectivity index is 0.00000200. The standard InChI is InChI=1S/C16H24N2O.ClH/c1-12(2)7-13-3-5-14(6-4-13)8-16(19)18-11-15-9-17-10-15;/h3-6,12,15,17H,7-11H2,1-2H3,(H,18,19);1H. The van der Waals surface area contributed by atoms with E-state index in [1.165, 1.54) is 5.56 Å². The molecule has 1 aliphatic heterocycles. The average Bonchev–Trinajstić information content (AvgIpc) is 2.29. The molecule has 112 valence electrons. The normalized spacial score (nSPS) is 14.6. The molecule has 4 heteroatoms. The van der Waals surface area contributed by atoms with Crippen LogP contribution in [0.3, 0.4) is 0 Å². The third kappa shape index (κ3) is 5.51. The Morgan fingerprint density at radius 1 is 1.25 bits per heavy atom. The first-order chi connectivity index (χ1) is 9.13. The van der Waals surface area contributed by atoms with E-state index in [0.717, 1.165) is 31.6 Å². The van der Waals surface area contributed by atoms with Crippen LogP contribution in [-0.4, -0.2) is 25.5 Å². The van der Waals surface area contributed by atoms with Gasteiger partial charge in [-0.3, -0.25) is 4.79 Å². The summed E-state index contributed by atoms with van der Waals surface area (Å²) in [5, 5.41) is 6.21. The van der Waals surface area contributed by atoms with Gasteiger partial charge in [0, 0.05) is 25.6 Å². The van der Waals surface area contributed by atoms with E-state index in [0.29, 0.717) is 18.3 Å². The molecule has 2 N–H and O–H groups in total. The Kier molecular flexibility index (Phi) is 7.03. The van der Waals surface area contributed by atoms with Crippen LogP contribution in [0.2, 0.25) is 0 Å². The van der Waals surface area contributed by atoms with Gasteiger partial charge < -0.3 is 10.6 Å². The Morgan fingerprint density at radius 3 is 2.35 bits per heavy atom. The van der Waals surface area contributed by atoms with Gasteiger partial charge in [-0.2, -0.15) is 0 Å². The number of benzene rings is 1. The molecule has 1 aromatic carbocycles. The number of nitrogens with one attached hydrogen (secondary N) is 2. The van der Waals surface area contributed by atoms with Crippen LogP contribution in [0.5, 0.6) is 0 Å². The molecular formula is C16H25ClN2O. The second-order valence-corrected chi connectivity index (χ2v) is 5.92. The van der Waals surface area contributed by atoms with E-state index in [2.05, 4.69) is 48.7 Å². The fourth-order valence-corrected chi connectivity index (χ4v) is 2.26. The zero-order valence-corrected chi connectivity index (χ0v) is 13.1. The molecule has 0 spiro atoms. The van der Waals surface area contributed by atoms with Gasteiger partial charge in [0.15, 0.2) is 0 Å². The van der Waals surface area contributed by atoms with Gasteiger partial charge in [0.25, 0.3) is 0 Å². The highest BCUT2D eigenvalue weighted by Crippen LogP contribution is 2.10. The Morgan fingerprint density at radius 2 is 1.85 bits per heavy atom. The summed E-state index contributed by atoms with van der Waals surface area (Å²) in [5.41, 5.74) is 2.44. The van der Waals surface area contributed by atoms with Crippen LogP contribution < -0.4 is 10.6 Å². The topological polar surface area (TPSA) is 41.1 Å². The molecule has 0 radical (unpaired) electrons. The van der Waals surface area contributed by atoms with Gasteiger partial charge in [0.05, 0.1) is 6.42 Å². The van der Waals surface area contributed by atoms with Crippen LogP contribution in [0.4, 0.5) is 0 Å². The maximum Gasteiger partial charge on any atom is 0.224 e. The molecule has 1 aliphatic rings. The molecular weight excluding hydrogens is 272 g/mol. The second-order valence-electron chi connectivity index (χ2n) is 5.92. The number of hydrogen-bond donors (Lipinski definition) is 2. The molecule has 2 rings (SSSR count). The summed E-state index contributed by atoms with van der Waals surface area (Å²) in [4.78, 5) is 11.8. The third-order valence-electron chi connectivity index (χ3n) is 3.49. The van der Waals surface area contributed by atoms with Gasteiger partial charge in [-0.25, -0.2) is 0 Å². The molecule has 1 heterocycles. The second kappa shape index (κ2) is 8.28. The molecule has 1 amide bonds. The van der Waals surface area contributed by atoms with Crippen LogP contribution in [0.15, 0.2) is 24.3 Å². The number of hydrogen-bond acceptors (Lipinski definition) is 2. The fraction of sp³-hybridized carbons (Fsp3) is 0.562. The molecule has 0 aliphatic carbocycles. The zero-order chi connectivity index (χ0) is 13.7. The number of amides is 1. The van der Waals surface area contributed by atoms with Crippen molar-refractivity contribution in [2.75, 3.05) is 19.6 Å². The van der Waals surface area contributed by atoms with Crippen LogP contribution in [0.25, 0.3) is 0 Å². The highest BCUT2D eigenvalue weighted by atomic mass is 35.5. The minimum absolute atomic E-state index is 0. The molecule has 3 nitrogen and oxygen atoms in total. The highest BCUT2D eigenvalue weighted by molar-refractivity contribution is 5.85. The number of halogens is 1. The number of carbonyl (C=O) groups excluding carboxylic acids is 1. The quantitative estimate of drug-likeness (QED) is 0.845. The van der Waals surface area contributed by atoms with Crippen LogP contribution in [-0.2, 0) is 17.6 Å². The average molecular weight is 297 g/mol. The first kappa shape index (κ1) is 17.0. The lowest BCUT2D eigenvalue weighted by Crippen LogP contribution is -2.48. The van der Waals surface area contributed by atoms with Gasteiger partial charge in [-0.1, -0.05) is 38.1 Å². The predicted octanol–water partition coefficient (Wildman–Crippen LogP) is 2.19. The lowest BCUT2D eigenvalue weighted by Gasteiger charge is -2.27. The largest absolute Gasteiger partial charge is 0.355 e. The Bertz CT molecular complexity index is 413. The summed E-state index contributed by atoms with van der Waals surface area (Å²) in [5.74, 6) is 1.42. The molecule has 0 atom stereocenters. The fourth-order valence-electron chi connectivity index (χ4n) is 2.26. The van der Waals surface area contributed by atoms with Crippen molar-refractivity contribution >= 4 is 18.3 Å². The van der Waals surface area contributed by atoms with E-state index in [9.17, 15) is 4.79 Å². The van der Waals surface area contributed by atoms with Crippen molar-refractivity contribution in [1.29, 1.82) is 0 Å². The van der Waals surface area contributed by atoms with Crippen molar-refractivity contribution in [3.63, 3.8) is 0 Å². The summed E-state index contributed by atoms with van der Waals surface area (Å²) >= 11 is 0. The van der Waals surface area contributed by atoms with Crippen molar-refractivity contribution in [1.82, 2.24) is 10.6 Å². The van der Waals surface area contributed by atoms with Crippen LogP contribution >= 0.6 is 12.4 Å². The summed E-state index contributed by atoms with van der Waals surface area (Å²) < 4.78 is 0. The molecule has 1 saturated heterocycles. The summed E-state index contributed by atoms with van der Waals surface area (Å²) in [6.07, 6.45) is 1.59. The molecule has 0 aromatic heterocycles. The number of rotatable bonds is 6. The van der Waals surface area contributed by atoms with E-state index in [4.69, 9.17) is 0 Å². The Labute approximate surface area is 127 Å². The van der Waals surface area contributed by atoms with Crippen molar-refractivity contribution in [3.05, 3.63) is 35.4 Å². The van der Waals surface area contributed by atoms with Gasteiger partial charge in [-0.05, 0) is 23.5 Å². The van der Waals surface area contributed by atoms with Crippen LogP contribution in [0.1, 0.15) is 25.0 Å². The molecule has 1 aromatic rings. The SMILES string of the molecule is CC(C)Cc1ccc(CC(=O)NCC2CNC2)cc1.Cl. The zero-order valence-electron chi connectivity index (χ0n) is 12.3. The maximum absolute atomic E-state index is 11.8. The molecule has 1 fully saturated rings. The first-order valence-electron chi connectivity index (χ1n) is 7.18. The van der Waals surface area contributed by atoms with E-state index in [1.807, 2.05) is 0 Å². The van der Waals surface area contributed by atoms with E-state index < -0.39 is 0 Å². The molecule has 0 saturated carbocycles. The number of carbonyl (C=O) groups is 1. The van der Waals surface area contributed by atoms with Crippen molar-refractivity contribution in [2.45, 2.75) is 26.7 Å². The van der Waals surface area contributed by atoms with E-state index >= 15 is 0 Å². The van der Waals surface area contributed by atoms with Gasteiger partial charge >= 0.3 is 0 Å². The third-order valence-corrected chi connectivity index (χ3v) is 3.49. The van der Waals surface area contributed by atoms with Crippen molar-refractivity contribution in [2.24, 2.45) is 11.8 Å². The smallest absolute Gasteiger partial charge is 0.224 e. The maximum atomic E-state index is 11.8. The predicted molar refractivity (Wildman–Crippen MR) is 85.3 cm³/mol. The lowest BCUT2D eigenvalue weighted by atomic mass is 10.0. The van der Waals surface area contributed by atoms with E-state index in [1.54, 1.807) is 0 Å². The van der Waals surface area contributed by atoms with Gasteiger partial charge in [0.2, 0.25) is 5.91 Å². The van der Waals surface area contributed by atoms with Crippen LogP contribution in [0, 0.1) is 11.8 Å². The summed E-state index contributed by atoms with van der Waals surface area (Å²) in [6, 6.07) is 8.42.